The van der Waals surface area contributed by atoms with Gasteiger partial charge in [0.05, 0.1) is 25.4 Å². The number of carbonyl (C=O) groups is 2. The van der Waals surface area contributed by atoms with E-state index in [-0.39, 0.29) is 18.5 Å². The number of carbonyl (C=O) groups excluding carboxylic acids is 2. The number of allylic oxidation sites excluding steroid dienone is 3. The van der Waals surface area contributed by atoms with E-state index < -0.39 is 12.1 Å². The summed E-state index contributed by atoms with van der Waals surface area (Å²) in [4.78, 5) is 24.5. The molecule has 3 N–H and O–H groups in total. The first-order valence-electron chi connectivity index (χ1n) is 30.6. The lowest BCUT2D eigenvalue weighted by atomic mass is 10.0. The van der Waals surface area contributed by atoms with Crippen LogP contribution in [0.25, 0.3) is 0 Å². The molecule has 0 bridgehead atoms. The van der Waals surface area contributed by atoms with Crippen LogP contribution in [-0.2, 0) is 14.3 Å². The maximum absolute atomic E-state index is 12.5. The van der Waals surface area contributed by atoms with E-state index in [1.165, 1.54) is 263 Å². The van der Waals surface area contributed by atoms with E-state index in [4.69, 9.17) is 4.74 Å². The van der Waals surface area contributed by atoms with Crippen molar-refractivity contribution in [3.8, 4) is 0 Å². The minimum absolute atomic E-state index is 0.00614. The standard InChI is InChI=1S/C62H119NO5/c1-3-5-7-9-11-13-15-16-17-18-19-20-21-22-23-25-28-31-35-38-42-46-50-54-60(65)59(58-64)63-61(66)55-51-47-43-39-36-32-29-26-24-27-30-33-37-41-45-49-53-57-68-62(67)56-52-48-44-40-34-14-12-10-8-6-4-2/h10,12,50,54,59-60,64-65H,3-9,11,13-49,51-53,55-58H2,1-2H3,(H,63,66)/b12-10-,54-50+. The van der Waals surface area contributed by atoms with Crippen molar-refractivity contribution in [3.05, 3.63) is 24.3 Å². The zero-order valence-electron chi connectivity index (χ0n) is 45.9. The summed E-state index contributed by atoms with van der Waals surface area (Å²) < 4.78 is 5.45. The Kier molecular flexibility index (Phi) is 56.5. The quantitative estimate of drug-likeness (QED) is 0.0321. The maximum atomic E-state index is 12.5. The van der Waals surface area contributed by atoms with Gasteiger partial charge in [-0.1, -0.05) is 295 Å². The number of nitrogens with one attached hydrogen (secondary N) is 1. The van der Waals surface area contributed by atoms with Crippen molar-refractivity contribution in [3.63, 3.8) is 0 Å². The Morgan fingerprint density at radius 3 is 1.09 bits per heavy atom. The first kappa shape index (κ1) is 66.3. The highest BCUT2D eigenvalue weighted by Crippen LogP contribution is 2.18. The van der Waals surface area contributed by atoms with Gasteiger partial charge in [-0.15, -0.1) is 0 Å². The fraction of sp³-hybridized carbons (Fsp3) is 0.903. The van der Waals surface area contributed by atoms with Crippen molar-refractivity contribution in [2.45, 2.75) is 347 Å². The molecular formula is C62H119NO5. The fourth-order valence-corrected chi connectivity index (χ4v) is 9.50. The molecule has 0 rings (SSSR count). The van der Waals surface area contributed by atoms with E-state index in [1.54, 1.807) is 6.08 Å². The molecule has 6 heteroatoms. The van der Waals surface area contributed by atoms with E-state index in [9.17, 15) is 19.8 Å². The Hall–Kier alpha value is -1.66. The molecule has 6 nitrogen and oxygen atoms in total. The largest absolute Gasteiger partial charge is 0.466 e. The zero-order chi connectivity index (χ0) is 49.3. The molecule has 402 valence electrons. The summed E-state index contributed by atoms with van der Waals surface area (Å²) in [6, 6.07) is -0.633. The second kappa shape index (κ2) is 57.9. The number of aliphatic hydroxyl groups excluding tert-OH is 2. The van der Waals surface area contributed by atoms with E-state index >= 15 is 0 Å². The third-order valence-electron chi connectivity index (χ3n) is 14.2. The molecule has 0 aromatic carbocycles. The molecule has 0 fully saturated rings. The number of amides is 1. The first-order chi connectivity index (χ1) is 33.5. The number of ether oxygens (including phenoxy) is 1. The van der Waals surface area contributed by atoms with Gasteiger partial charge in [-0.2, -0.15) is 0 Å². The lowest BCUT2D eigenvalue weighted by Gasteiger charge is -2.20. The van der Waals surface area contributed by atoms with Crippen molar-refractivity contribution in [1.29, 1.82) is 0 Å². The third kappa shape index (κ3) is 53.7. The molecule has 0 saturated heterocycles. The Labute approximate surface area is 424 Å². The Bertz CT molecular complexity index is 1060. The molecule has 2 atom stereocenters. The second-order valence-electron chi connectivity index (χ2n) is 21.0. The number of aliphatic hydroxyl groups is 2. The maximum Gasteiger partial charge on any atom is 0.305 e. The van der Waals surface area contributed by atoms with Crippen LogP contribution < -0.4 is 5.32 Å². The average molecular weight is 959 g/mol. The smallest absolute Gasteiger partial charge is 0.305 e. The summed E-state index contributed by atoms with van der Waals surface area (Å²) >= 11 is 0. The summed E-state index contributed by atoms with van der Waals surface area (Å²) in [5, 5.41) is 23.2. The van der Waals surface area contributed by atoms with Crippen LogP contribution in [0.3, 0.4) is 0 Å². The Balaban J connectivity index is 3.46. The normalized spacial score (nSPS) is 12.7. The molecule has 2 unspecified atom stereocenters. The minimum Gasteiger partial charge on any atom is -0.466 e. The van der Waals surface area contributed by atoms with Crippen molar-refractivity contribution < 1.29 is 24.5 Å². The Morgan fingerprint density at radius 1 is 0.397 bits per heavy atom. The van der Waals surface area contributed by atoms with Gasteiger partial charge >= 0.3 is 5.97 Å². The highest BCUT2D eigenvalue weighted by Gasteiger charge is 2.18. The average Bonchev–Trinajstić information content (AvgIpc) is 3.34. The molecule has 0 aromatic rings. The second-order valence-corrected chi connectivity index (χ2v) is 21.0. The monoisotopic (exact) mass is 958 g/mol. The molecule has 1 amide bonds. The molecule has 0 spiro atoms. The van der Waals surface area contributed by atoms with E-state index in [1.807, 2.05) is 6.08 Å². The van der Waals surface area contributed by atoms with E-state index in [2.05, 4.69) is 31.3 Å². The van der Waals surface area contributed by atoms with Gasteiger partial charge in [0.1, 0.15) is 0 Å². The predicted octanol–water partition coefficient (Wildman–Crippen LogP) is 19.0. The van der Waals surface area contributed by atoms with Crippen molar-refractivity contribution in [2.75, 3.05) is 13.2 Å². The SMILES string of the molecule is CCCC/C=C\CCCCCCCC(=O)OCCCCCCCCCCCCCCCCCCCC(=O)NC(CO)C(O)/C=C/CCCCCCCCCCCCCCCCCCCCCCC. The molecule has 0 aliphatic heterocycles. The molecule has 0 radical (unpaired) electrons. The van der Waals surface area contributed by atoms with Crippen LogP contribution in [0.5, 0.6) is 0 Å². The van der Waals surface area contributed by atoms with Crippen LogP contribution in [-0.4, -0.2) is 47.4 Å². The lowest BCUT2D eigenvalue weighted by molar-refractivity contribution is -0.143. The number of esters is 1. The fourth-order valence-electron chi connectivity index (χ4n) is 9.50. The molecule has 0 heterocycles. The summed E-state index contributed by atoms with van der Waals surface area (Å²) in [5.74, 6) is -0.0764. The van der Waals surface area contributed by atoms with Gasteiger partial charge in [0, 0.05) is 12.8 Å². The molecule has 0 saturated carbocycles. The van der Waals surface area contributed by atoms with E-state index in [0.717, 1.165) is 44.9 Å². The summed E-state index contributed by atoms with van der Waals surface area (Å²) in [6.07, 6.45) is 70.7. The van der Waals surface area contributed by atoms with Crippen molar-refractivity contribution >= 4 is 11.9 Å². The van der Waals surface area contributed by atoms with Gasteiger partial charge in [0.2, 0.25) is 5.91 Å². The van der Waals surface area contributed by atoms with Gasteiger partial charge in [-0.25, -0.2) is 0 Å². The molecular weight excluding hydrogens is 839 g/mol. The summed E-state index contributed by atoms with van der Waals surface area (Å²) in [6.45, 7) is 4.88. The van der Waals surface area contributed by atoms with Crippen LogP contribution in [0.1, 0.15) is 335 Å². The molecule has 68 heavy (non-hydrogen) atoms. The van der Waals surface area contributed by atoms with Crippen LogP contribution in [0.4, 0.5) is 0 Å². The highest BCUT2D eigenvalue weighted by molar-refractivity contribution is 5.76. The van der Waals surface area contributed by atoms with Crippen LogP contribution in [0.15, 0.2) is 24.3 Å². The summed E-state index contributed by atoms with van der Waals surface area (Å²) in [5.41, 5.74) is 0. The van der Waals surface area contributed by atoms with Gasteiger partial charge in [-0.05, 0) is 51.4 Å². The number of hydrogen-bond donors (Lipinski definition) is 3. The molecule has 0 aliphatic rings. The topological polar surface area (TPSA) is 95.9 Å². The number of hydrogen-bond acceptors (Lipinski definition) is 5. The molecule has 0 aromatic heterocycles. The van der Waals surface area contributed by atoms with Gasteiger partial charge in [-0.3, -0.25) is 9.59 Å². The van der Waals surface area contributed by atoms with E-state index in [0.29, 0.717) is 19.4 Å². The number of rotatable bonds is 57. The van der Waals surface area contributed by atoms with Crippen LogP contribution in [0, 0.1) is 0 Å². The zero-order valence-corrected chi connectivity index (χ0v) is 45.9. The Morgan fingerprint density at radius 2 is 0.706 bits per heavy atom. The van der Waals surface area contributed by atoms with Gasteiger partial charge < -0.3 is 20.3 Å². The third-order valence-corrected chi connectivity index (χ3v) is 14.2. The number of unbranched alkanes of at least 4 members (excludes halogenated alkanes) is 44. The van der Waals surface area contributed by atoms with Crippen molar-refractivity contribution in [1.82, 2.24) is 5.32 Å². The van der Waals surface area contributed by atoms with Crippen LogP contribution >= 0.6 is 0 Å². The van der Waals surface area contributed by atoms with Crippen molar-refractivity contribution in [2.24, 2.45) is 0 Å². The summed E-state index contributed by atoms with van der Waals surface area (Å²) in [7, 11) is 0. The lowest BCUT2D eigenvalue weighted by Crippen LogP contribution is -2.45. The minimum atomic E-state index is -0.849. The van der Waals surface area contributed by atoms with Gasteiger partial charge in [0.25, 0.3) is 0 Å². The highest BCUT2D eigenvalue weighted by atomic mass is 16.5. The first-order valence-corrected chi connectivity index (χ1v) is 30.6. The predicted molar refractivity (Wildman–Crippen MR) is 296 cm³/mol. The van der Waals surface area contributed by atoms with Gasteiger partial charge in [0.15, 0.2) is 0 Å². The molecule has 0 aliphatic carbocycles. The van der Waals surface area contributed by atoms with Crippen LogP contribution in [0.2, 0.25) is 0 Å².